The second-order valence-electron chi connectivity index (χ2n) is 6.58. The van der Waals surface area contributed by atoms with Crippen molar-refractivity contribution >= 4 is 26.8 Å². The summed E-state index contributed by atoms with van der Waals surface area (Å²) in [5, 5.41) is 0.101. The molecule has 0 aliphatic heterocycles. The van der Waals surface area contributed by atoms with Crippen LogP contribution in [0.1, 0.15) is 11.4 Å². The van der Waals surface area contributed by atoms with Gasteiger partial charge in [0.2, 0.25) is 0 Å². The van der Waals surface area contributed by atoms with E-state index in [1.165, 1.54) is 30.5 Å². The molecule has 31 heavy (non-hydrogen) atoms. The molecule has 1 N–H and O–H groups in total. The number of halogens is 5. The minimum Gasteiger partial charge on any atom is -0.434 e. The van der Waals surface area contributed by atoms with Gasteiger partial charge >= 0.3 is 6.61 Å². The number of ether oxygens (including phenoxy) is 1. The molecule has 0 spiro atoms. The molecule has 158 valence electrons. The number of hydrogen-bond acceptors (Lipinski definition) is 4. The smallest absolute Gasteiger partial charge is 0.387 e. The summed E-state index contributed by atoms with van der Waals surface area (Å²) in [5.41, 5.74) is 1.17. The van der Waals surface area contributed by atoms with Crippen molar-refractivity contribution in [3.63, 3.8) is 0 Å². The first kappa shape index (κ1) is 21.0. The molecule has 0 saturated carbocycles. The summed E-state index contributed by atoms with van der Waals surface area (Å²) in [7, 11) is 0. The number of rotatable bonds is 5. The van der Waals surface area contributed by atoms with Crippen LogP contribution in [0, 0.1) is 11.6 Å². The molecule has 2 aromatic carbocycles. The normalized spacial score (nSPS) is 11.3. The number of pyridine rings is 1. The summed E-state index contributed by atoms with van der Waals surface area (Å²) < 4.78 is 56.4. The first-order chi connectivity index (χ1) is 14.8. The maximum absolute atomic E-state index is 13.4. The fourth-order valence-corrected chi connectivity index (χ4v) is 3.48. The van der Waals surface area contributed by atoms with Crippen LogP contribution in [-0.4, -0.2) is 21.6 Å². The first-order valence-electron chi connectivity index (χ1n) is 8.87. The predicted octanol–water partition coefficient (Wildman–Crippen LogP) is 5.22. The van der Waals surface area contributed by atoms with Crippen molar-refractivity contribution in [1.82, 2.24) is 15.0 Å². The number of nitrogens with one attached hydrogen (secondary N) is 1. The summed E-state index contributed by atoms with van der Waals surface area (Å²) in [4.78, 5) is 23.6. The zero-order chi connectivity index (χ0) is 22.1. The molecule has 0 aliphatic rings. The van der Waals surface area contributed by atoms with Crippen LogP contribution < -0.4 is 10.3 Å². The van der Waals surface area contributed by atoms with E-state index in [1.807, 2.05) is 0 Å². The molecule has 0 amide bonds. The minimum atomic E-state index is -3.03. The topological polar surface area (TPSA) is 67.9 Å². The van der Waals surface area contributed by atoms with E-state index in [2.05, 4.69) is 35.6 Å². The van der Waals surface area contributed by atoms with E-state index >= 15 is 0 Å². The van der Waals surface area contributed by atoms with Gasteiger partial charge in [0.05, 0.1) is 21.1 Å². The third-order valence-corrected chi connectivity index (χ3v) is 5.00. The fraction of sp³-hybridized carbons (Fsp3) is 0.0952. The second kappa shape index (κ2) is 8.46. The number of H-pyrrole nitrogens is 1. The lowest BCUT2D eigenvalue weighted by Crippen LogP contribution is -2.13. The third kappa shape index (κ3) is 4.74. The van der Waals surface area contributed by atoms with E-state index < -0.39 is 23.8 Å². The predicted molar refractivity (Wildman–Crippen MR) is 109 cm³/mol. The highest BCUT2D eigenvalue weighted by Gasteiger charge is 2.13. The van der Waals surface area contributed by atoms with E-state index in [0.717, 1.165) is 6.07 Å². The molecule has 0 unspecified atom stereocenters. The standard InChI is InChI=1S/C21H12BrF4N3O2/c22-15-8-17-14(7-18(15)31-21(25)26)20(30)29-19(28-17)3-10-1-2-16(27-9-10)11-4-12(23)6-13(24)5-11/h1-2,4-9,21H,3H2,(H,28,29,30). The largest absolute Gasteiger partial charge is 0.434 e. The van der Waals surface area contributed by atoms with Crippen LogP contribution in [0.3, 0.4) is 0 Å². The van der Waals surface area contributed by atoms with Crippen molar-refractivity contribution in [2.24, 2.45) is 0 Å². The Labute approximate surface area is 180 Å². The maximum Gasteiger partial charge on any atom is 0.387 e. The van der Waals surface area contributed by atoms with E-state index in [1.54, 1.807) is 12.1 Å². The Kier molecular flexibility index (Phi) is 5.73. The molecule has 2 aromatic heterocycles. The van der Waals surface area contributed by atoms with Crippen molar-refractivity contribution < 1.29 is 22.3 Å². The van der Waals surface area contributed by atoms with Crippen LogP contribution in [0.15, 0.2) is 57.9 Å². The maximum atomic E-state index is 13.4. The van der Waals surface area contributed by atoms with Gasteiger partial charge in [-0.25, -0.2) is 13.8 Å². The van der Waals surface area contributed by atoms with Gasteiger partial charge in [-0.1, -0.05) is 6.07 Å². The number of hydrogen-bond donors (Lipinski definition) is 1. The zero-order valence-corrected chi connectivity index (χ0v) is 17.1. The lowest BCUT2D eigenvalue weighted by molar-refractivity contribution is -0.0502. The van der Waals surface area contributed by atoms with Crippen LogP contribution in [0.5, 0.6) is 5.75 Å². The lowest BCUT2D eigenvalue weighted by atomic mass is 10.1. The fourth-order valence-electron chi connectivity index (χ4n) is 3.05. The van der Waals surface area contributed by atoms with Gasteiger partial charge < -0.3 is 9.72 Å². The Hall–Kier alpha value is -3.27. The Morgan fingerprint density at radius 3 is 2.45 bits per heavy atom. The molecule has 0 atom stereocenters. The van der Waals surface area contributed by atoms with Crippen LogP contribution in [0.4, 0.5) is 17.6 Å². The molecule has 4 aromatic rings. The quantitative estimate of drug-likeness (QED) is 0.387. The van der Waals surface area contributed by atoms with Gasteiger partial charge in [-0.3, -0.25) is 9.78 Å². The summed E-state index contributed by atoms with van der Waals surface area (Å²) in [6.45, 7) is -3.03. The number of nitrogens with zero attached hydrogens (tertiary/aromatic N) is 2. The Morgan fingerprint density at radius 1 is 1.06 bits per heavy atom. The molecule has 5 nitrogen and oxygen atoms in total. The number of aromatic amines is 1. The molecule has 10 heteroatoms. The van der Waals surface area contributed by atoms with Gasteiger partial charge in [0.1, 0.15) is 23.2 Å². The molecule has 2 heterocycles. The summed E-state index contributed by atoms with van der Waals surface area (Å²) >= 11 is 3.13. The minimum absolute atomic E-state index is 0.101. The highest BCUT2D eigenvalue weighted by atomic mass is 79.9. The van der Waals surface area contributed by atoms with Gasteiger partial charge in [0.25, 0.3) is 5.56 Å². The average molecular weight is 494 g/mol. The third-order valence-electron chi connectivity index (χ3n) is 4.38. The van der Waals surface area contributed by atoms with Crippen LogP contribution in [0.25, 0.3) is 22.2 Å². The summed E-state index contributed by atoms with van der Waals surface area (Å²) in [6.07, 6.45) is 1.74. The van der Waals surface area contributed by atoms with Gasteiger partial charge in [0.15, 0.2) is 0 Å². The number of alkyl halides is 2. The van der Waals surface area contributed by atoms with Crippen molar-refractivity contribution in [3.8, 4) is 17.0 Å². The highest BCUT2D eigenvalue weighted by Crippen LogP contribution is 2.30. The second-order valence-corrected chi connectivity index (χ2v) is 7.43. The molecule has 0 radical (unpaired) electrons. The van der Waals surface area contributed by atoms with Crippen molar-refractivity contribution in [1.29, 1.82) is 0 Å². The Morgan fingerprint density at radius 2 is 1.81 bits per heavy atom. The number of fused-ring (bicyclic) bond motifs is 1. The van der Waals surface area contributed by atoms with E-state index in [-0.39, 0.29) is 22.0 Å². The van der Waals surface area contributed by atoms with E-state index in [9.17, 15) is 22.4 Å². The van der Waals surface area contributed by atoms with Gasteiger partial charge in [-0.2, -0.15) is 8.78 Å². The SMILES string of the molecule is O=c1[nH]c(Cc2ccc(-c3cc(F)cc(F)c3)nc2)nc2cc(Br)c(OC(F)F)cc12. The Bertz CT molecular complexity index is 1310. The zero-order valence-electron chi connectivity index (χ0n) is 15.5. The van der Waals surface area contributed by atoms with Crippen molar-refractivity contribution in [2.75, 3.05) is 0 Å². The van der Waals surface area contributed by atoms with Crippen LogP contribution >= 0.6 is 15.9 Å². The molecule has 4 rings (SSSR count). The molecule has 0 aliphatic carbocycles. The van der Waals surface area contributed by atoms with Crippen LogP contribution in [-0.2, 0) is 6.42 Å². The van der Waals surface area contributed by atoms with Crippen molar-refractivity contribution in [2.45, 2.75) is 13.0 Å². The van der Waals surface area contributed by atoms with E-state index in [0.29, 0.717) is 28.2 Å². The number of aromatic nitrogens is 3. The average Bonchev–Trinajstić information content (AvgIpc) is 2.68. The van der Waals surface area contributed by atoms with Gasteiger partial charge in [-0.15, -0.1) is 0 Å². The molecule has 0 saturated heterocycles. The first-order valence-corrected chi connectivity index (χ1v) is 9.66. The van der Waals surface area contributed by atoms with Gasteiger partial charge in [0, 0.05) is 24.2 Å². The van der Waals surface area contributed by atoms with Crippen molar-refractivity contribution in [3.05, 3.63) is 86.5 Å². The lowest BCUT2D eigenvalue weighted by Gasteiger charge is -2.09. The summed E-state index contributed by atoms with van der Waals surface area (Å²) in [6, 6.07) is 9.05. The molecule has 0 bridgehead atoms. The molecule has 0 fully saturated rings. The molecular weight excluding hydrogens is 482 g/mol. The van der Waals surface area contributed by atoms with E-state index in [4.69, 9.17) is 0 Å². The van der Waals surface area contributed by atoms with Crippen LogP contribution in [0.2, 0.25) is 0 Å². The highest BCUT2D eigenvalue weighted by molar-refractivity contribution is 9.10. The number of benzene rings is 2. The Balaban J connectivity index is 1.61. The summed E-state index contributed by atoms with van der Waals surface area (Å²) in [5.74, 6) is -1.24. The van der Waals surface area contributed by atoms with Gasteiger partial charge in [-0.05, 0) is 51.8 Å². The molecular formula is C21H12BrF4N3O2. The monoisotopic (exact) mass is 493 g/mol.